The van der Waals surface area contributed by atoms with Gasteiger partial charge in [0.2, 0.25) is 0 Å². The zero-order valence-electron chi connectivity index (χ0n) is 29.0. The van der Waals surface area contributed by atoms with Crippen molar-refractivity contribution in [3.8, 4) is 11.4 Å². The van der Waals surface area contributed by atoms with Crippen molar-refractivity contribution >= 4 is 23.7 Å². The number of piperazine rings is 1. The number of rotatable bonds is 9. The summed E-state index contributed by atoms with van der Waals surface area (Å²) in [6.45, 7) is 11.8. The molecule has 0 bridgehead atoms. The van der Waals surface area contributed by atoms with Gasteiger partial charge in [0.05, 0.1) is 24.1 Å². The minimum absolute atomic E-state index is 0.166. The van der Waals surface area contributed by atoms with Crippen LogP contribution < -0.4 is 15.0 Å². The predicted octanol–water partition coefficient (Wildman–Crippen LogP) is 5.70. The fourth-order valence-electron chi connectivity index (χ4n) is 6.12. The van der Waals surface area contributed by atoms with Crippen LogP contribution in [0.5, 0.6) is 5.75 Å². The average molecular weight is 699 g/mol. The number of likely N-dealkylation sites (N-methyl/N-ethyl adjacent to an activating group) is 1. The molecule has 1 atom stereocenters. The number of carbonyl (C=O) groups excluding carboxylic acids is 3. The maximum atomic E-state index is 13.9. The van der Waals surface area contributed by atoms with Gasteiger partial charge in [-0.3, -0.25) is 19.4 Å². The number of aromatic nitrogens is 2. The van der Waals surface area contributed by atoms with E-state index in [9.17, 15) is 27.6 Å². The Kier molecular flexibility index (Phi) is 11.4. The molecule has 2 aromatic carbocycles. The van der Waals surface area contributed by atoms with E-state index in [1.54, 1.807) is 20.7 Å². The summed E-state index contributed by atoms with van der Waals surface area (Å²) in [5, 5.41) is 7.30. The van der Waals surface area contributed by atoms with Crippen molar-refractivity contribution in [2.24, 2.45) is 0 Å². The van der Waals surface area contributed by atoms with E-state index in [1.807, 2.05) is 52.0 Å². The van der Waals surface area contributed by atoms with Crippen molar-refractivity contribution < 1.29 is 37.0 Å². The summed E-state index contributed by atoms with van der Waals surface area (Å²) < 4.78 is 53.0. The maximum Gasteiger partial charge on any atom is 0.416 e. The molecular formula is C36H45F3N6O5. The smallest absolute Gasteiger partial charge is 0.416 e. The first-order valence-electron chi connectivity index (χ1n) is 17.0. The van der Waals surface area contributed by atoms with E-state index in [1.165, 1.54) is 12.1 Å². The van der Waals surface area contributed by atoms with Gasteiger partial charge in [0.25, 0.3) is 11.8 Å². The van der Waals surface area contributed by atoms with E-state index in [4.69, 9.17) is 9.47 Å². The number of carbonyl (C=O) groups is 3. The van der Waals surface area contributed by atoms with Gasteiger partial charge in [0.1, 0.15) is 23.2 Å². The molecular weight excluding hydrogens is 653 g/mol. The molecule has 3 heterocycles. The second-order valence-electron chi connectivity index (χ2n) is 13.5. The molecule has 0 aliphatic carbocycles. The summed E-state index contributed by atoms with van der Waals surface area (Å²) in [7, 11) is 0. The van der Waals surface area contributed by atoms with Crippen LogP contribution >= 0.6 is 0 Å². The number of ether oxygens (including phenoxy) is 2. The Balaban J connectivity index is 1.20. The van der Waals surface area contributed by atoms with E-state index >= 15 is 0 Å². The molecule has 270 valence electrons. The fourth-order valence-corrected chi connectivity index (χ4v) is 6.12. The number of nitrogens with zero attached hydrogens (tertiary/aromatic N) is 5. The number of fused-ring (bicyclic) bond motifs is 1. The Hall–Kier alpha value is -4.59. The quantitative estimate of drug-likeness (QED) is 0.286. The molecule has 1 aromatic heterocycles. The third kappa shape index (κ3) is 9.14. The van der Waals surface area contributed by atoms with Gasteiger partial charge in [-0.15, -0.1) is 0 Å². The van der Waals surface area contributed by atoms with E-state index in [0.29, 0.717) is 56.2 Å². The Morgan fingerprint density at radius 3 is 2.46 bits per heavy atom. The molecule has 2 aliphatic heterocycles. The Morgan fingerprint density at radius 2 is 1.76 bits per heavy atom. The van der Waals surface area contributed by atoms with Gasteiger partial charge in [0, 0.05) is 56.5 Å². The van der Waals surface area contributed by atoms with Crippen LogP contribution in [-0.4, -0.2) is 95.0 Å². The largest absolute Gasteiger partial charge is 0.493 e. The van der Waals surface area contributed by atoms with Gasteiger partial charge < -0.3 is 19.7 Å². The first kappa shape index (κ1) is 36.7. The standard InChI is InChI=1S/C36H45F3N6O5/c1-5-44-32-26(11-7-15-30(33(44)47)41-31(46)25-10-6-12-27(22-25)36(37,38)39)24-40-45(32)28-13-8-14-29(23-28)49-21-9-16-42-17-19-43(20-18-42)34(48)50-35(2,3)4/h6,8,10,12-14,22-24,30H,5,7,9,11,15-21H2,1-4H3,(H,41,46). The number of anilines is 1. The van der Waals surface area contributed by atoms with Crippen molar-refractivity contribution in [3.05, 3.63) is 71.4 Å². The van der Waals surface area contributed by atoms with Gasteiger partial charge >= 0.3 is 12.3 Å². The van der Waals surface area contributed by atoms with Gasteiger partial charge in [-0.25, -0.2) is 9.48 Å². The first-order chi connectivity index (χ1) is 23.7. The highest BCUT2D eigenvalue weighted by molar-refractivity contribution is 6.02. The third-order valence-corrected chi connectivity index (χ3v) is 8.62. The first-order valence-corrected chi connectivity index (χ1v) is 17.0. The molecule has 2 aliphatic rings. The Bertz CT molecular complexity index is 1660. The number of benzene rings is 2. The van der Waals surface area contributed by atoms with Crippen molar-refractivity contribution in [1.82, 2.24) is 24.9 Å². The van der Waals surface area contributed by atoms with Gasteiger partial charge in [0.15, 0.2) is 0 Å². The molecule has 3 amide bonds. The molecule has 0 radical (unpaired) electrons. The van der Waals surface area contributed by atoms with Crippen molar-refractivity contribution in [2.45, 2.75) is 71.2 Å². The minimum Gasteiger partial charge on any atom is -0.493 e. The number of amides is 3. The molecule has 11 nitrogen and oxygen atoms in total. The SMILES string of the molecule is CCN1C(=O)C(NC(=O)c2cccc(C(F)(F)F)c2)CCCc2cnn(-c3cccc(OCCCN4CCN(C(=O)OC(C)(C)C)CC4)c3)c21. The van der Waals surface area contributed by atoms with Crippen LogP contribution in [0.25, 0.3) is 5.69 Å². The number of nitrogens with one attached hydrogen (secondary N) is 1. The molecule has 1 unspecified atom stereocenters. The van der Waals surface area contributed by atoms with Gasteiger partial charge in [-0.1, -0.05) is 12.1 Å². The fraction of sp³-hybridized carbons (Fsp3) is 0.500. The van der Waals surface area contributed by atoms with E-state index in [0.717, 1.165) is 43.8 Å². The molecule has 1 fully saturated rings. The van der Waals surface area contributed by atoms with Crippen LogP contribution in [0.3, 0.4) is 0 Å². The molecule has 1 saturated heterocycles. The summed E-state index contributed by atoms with van der Waals surface area (Å²) in [6.07, 6.45) is -0.858. The Labute approximate surface area is 290 Å². The van der Waals surface area contributed by atoms with Crippen LogP contribution in [0.2, 0.25) is 0 Å². The van der Waals surface area contributed by atoms with Crippen LogP contribution in [0, 0.1) is 0 Å². The summed E-state index contributed by atoms with van der Waals surface area (Å²) in [5.41, 5.74) is -0.0476. The summed E-state index contributed by atoms with van der Waals surface area (Å²) in [4.78, 5) is 44.9. The highest BCUT2D eigenvalue weighted by atomic mass is 19.4. The average Bonchev–Trinajstić information content (AvgIpc) is 3.48. The molecule has 0 saturated carbocycles. The lowest BCUT2D eigenvalue weighted by Gasteiger charge is -2.35. The summed E-state index contributed by atoms with van der Waals surface area (Å²) in [5.74, 6) is 0.119. The summed E-state index contributed by atoms with van der Waals surface area (Å²) in [6, 6.07) is 10.7. The van der Waals surface area contributed by atoms with Crippen molar-refractivity contribution in [3.63, 3.8) is 0 Å². The maximum absolute atomic E-state index is 13.9. The molecule has 1 N–H and O–H groups in total. The Morgan fingerprint density at radius 1 is 1.02 bits per heavy atom. The topological polar surface area (TPSA) is 109 Å². The number of aryl methyl sites for hydroxylation is 1. The molecule has 3 aromatic rings. The molecule has 14 heteroatoms. The van der Waals surface area contributed by atoms with Crippen LogP contribution in [0.15, 0.2) is 54.7 Å². The van der Waals surface area contributed by atoms with Crippen LogP contribution in [0.1, 0.15) is 68.4 Å². The molecule has 50 heavy (non-hydrogen) atoms. The summed E-state index contributed by atoms with van der Waals surface area (Å²) >= 11 is 0. The monoisotopic (exact) mass is 698 g/mol. The molecule has 5 rings (SSSR count). The van der Waals surface area contributed by atoms with Crippen molar-refractivity contribution in [2.75, 3.05) is 50.8 Å². The zero-order chi connectivity index (χ0) is 36.1. The second-order valence-corrected chi connectivity index (χ2v) is 13.5. The lowest BCUT2D eigenvalue weighted by molar-refractivity contribution is -0.137. The lowest BCUT2D eigenvalue weighted by atomic mass is 10.0. The number of hydrogen-bond donors (Lipinski definition) is 1. The number of hydrogen-bond acceptors (Lipinski definition) is 7. The lowest BCUT2D eigenvalue weighted by Crippen LogP contribution is -2.50. The highest BCUT2D eigenvalue weighted by Gasteiger charge is 2.34. The predicted molar refractivity (Wildman–Crippen MR) is 182 cm³/mol. The zero-order valence-corrected chi connectivity index (χ0v) is 29.0. The van der Waals surface area contributed by atoms with E-state index < -0.39 is 29.3 Å². The van der Waals surface area contributed by atoms with Crippen molar-refractivity contribution in [1.29, 1.82) is 0 Å². The second kappa shape index (κ2) is 15.5. The normalized spacial score (nSPS) is 17.5. The van der Waals surface area contributed by atoms with Crippen LogP contribution in [0.4, 0.5) is 23.8 Å². The van der Waals surface area contributed by atoms with E-state index in [-0.39, 0.29) is 24.1 Å². The van der Waals surface area contributed by atoms with Gasteiger partial charge in [-0.05, 0) is 83.7 Å². The minimum atomic E-state index is -4.59. The number of halogens is 3. The molecule has 0 spiro atoms. The van der Waals surface area contributed by atoms with E-state index in [2.05, 4.69) is 15.3 Å². The van der Waals surface area contributed by atoms with Crippen LogP contribution in [-0.2, 0) is 22.1 Å². The number of alkyl halides is 3. The van der Waals surface area contributed by atoms with Gasteiger partial charge in [-0.2, -0.15) is 18.3 Å². The highest BCUT2D eigenvalue weighted by Crippen LogP contribution is 2.32. The third-order valence-electron chi connectivity index (χ3n) is 8.62.